The van der Waals surface area contributed by atoms with Gasteiger partial charge in [-0.3, -0.25) is 4.79 Å². The van der Waals surface area contributed by atoms with Crippen LogP contribution >= 0.6 is 0 Å². The zero-order valence-corrected chi connectivity index (χ0v) is 13.1. The predicted molar refractivity (Wildman–Crippen MR) is 83.2 cm³/mol. The van der Waals surface area contributed by atoms with Crippen molar-refractivity contribution in [2.24, 2.45) is 0 Å². The van der Waals surface area contributed by atoms with Gasteiger partial charge in [0.05, 0.1) is 10.5 Å². The Morgan fingerprint density at radius 1 is 1.17 bits per heavy atom. The van der Waals surface area contributed by atoms with Gasteiger partial charge in [-0.25, -0.2) is 8.42 Å². The van der Waals surface area contributed by atoms with E-state index in [-0.39, 0.29) is 10.5 Å². The summed E-state index contributed by atoms with van der Waals surface area (Å²) < 4.78 is 31.4. The molecule has 118 valence electrons. The molecule has 0 aliphatic rings. The summed E-state index contributed by atoms with van der Waals surface area (Å²) in [5, 5.41) is 8.94. The van der Waals surface area contributed by atoms with Crippen LogP contribution in [-0.2, 0) is 14.8 Å². The molecule has 0 aliphatic heterocycles. The summed E-state index contributed by atoms with van der Waals surface area (Å²) in [6.07, 6.45) is 0. The molecule has 23 heavy (non-hydrogen) atoms. The van der Waals surface area contributed by atoms with Gasteiger partial charge >= 0.3 is 5.97 Å². The second-order valence-corrected chi connectivity index (χ2v) is 6.46. The molecule has 6 nitrogen and oxygen atoms in total. The Balaban J connectivity index is 2.03. The second-order valence-electron chi connectivity index (χ2n) is 4.72. The van der Waals surface area contributed by atoms with Gasteiger partial charge in [-0.15, -0.1) is 0 Å². The summed E-state index contributed by atoms with van der Waals surface area (Å²) in [4.78, 5) is 11.5. The second kappa shape index (κ2) is 7.05. The highest BCUT2D eigenvalue weighted by atomic mass is 32.2. The van der Waals surface area contributed by atoms with E-state index in [1.54, 1.807) is 36.4 Å². The Bertz CT molecular complexity index is 852. The van der Waals surface area contributed by atoms with Gasteiger partial charge in [0.25, 0.3) is 0 Å². The molecule has 0 spiro atoms. The fourth-order valence-corrected chi connectivity index (χ4v) is 2.92. The highest BCUT2D eigenvalue weighted by molar-refractivity contribution is 7.89. The van der Waals surface area contributed by atoms with Crippen LogP contribution in [-0.4, -0.2) is 20.9 Å². The Hall–Kier alpha value is -2.69. The molecule has 0 unspecified atom stereocenters. The summed E-state index contributed by atoms with van der Waals surface area (Å²) in [5.74, 6) is -0.413. The van der Waals surface area contributed by atoms with E-state index in [2.05, 4.69) is 4.72 Å². The summed E-state index contributed by atoms with van der Waals surface area (Å²) in [5.41, 5.74) is 1.02. The Morgan fingerprint density at radius 2 is 1.83 bits per heavy atom. The molecule has 0 saturated carbocycles. The normalized spacial score (nSPS) is 10.8. The topological polar surface area (TPSA) is 96.3 Å². The average Bonchev–Trinajstić information content (AvgIpc) is 2.55. The molecule has 0 bridgehead atoms. The molecule has 2 rings (SSSR count). The fraction of sp³-hybridized carbons (Fsp3) is 0.125. The summed E-state index contributed by atoms with van der Waals surface area (Å²) >= 11 is 0. The Morgan fingerprint density at radius 3 is 2.48 bits per heavy atom. The van der Waals surface area contributed by atoms with Crippen LogP contribution < -0.4 is 9.46 Å². The van der Waals surface area contributed by atoms with Gasteiger partial charge in [0.2, 0.25) is 10.0 Å². The van der Waals surface area contributed by atoms with E-state index in [4.69, 9.17) is 10.00 Å². The number of aryl methyl sites for hydroxylation is 1. The van der Waals surface area contributed by atoms with Gasteiger partial charge in [-0.1, -0.05) is 29.8 Å². The van der Waals surface area contributed by atoms with Gasteiger partial charge in [-0.2, -0.15) is 9.98 Å². The molecule has 2 aromatic rings. The highest BCUT2D eigenvalue weighted by Crippen LogP contribution is 2.14. The van der Waals surface area contributed by atoms with Crippen molar-refractivity contribution < 1.29 is 17.9 Å². The lowest BCUT2D eigenvalue weighted by atomic mass is 10.2. The molecule has 7 heteroatoms. The van der Waals surface area contributed by atoms with Crippen molar-refractivity contribution in [2.75, 3.05) is 6.54 Å². The lowest BCUT2D eigenvalue weighted by Gasteiger charge is -2.08. The summed E-state index contributed by atoms with van der Waals surface area (Å²) in [7, 11) is -3.97. The number of rotatable bonds is 5. The molecule has 0 fully saturated rings. The minimum absolute atomic E-state index is 0.00639. The zero-order valence-electron chi connectivity index (χ0n) is 12.3. The van der Waals surface area contributed by atoms with Crippen molar-refractivity contribution in [2.45, 2.75) is 11.8 Å². The number of hydrogen-bond donors (Lipinski definition) is 1. The average molecular weight is 330 g/mol. The van der Waals surface area contributed by atoms with Crippen molar-refractivity contribution in [3.63, 3.8) is 0 Å². The monoisotopic (exact) mass is 330 g/mol. The van der Waals surface area contributed by atoms with Gasteiger partial charge in [0.1, 0.15) is 18.4 Å². The first-order valence-corrected chi connectivity index (χ1v) is 8.17. The maximum atomic E-state index is 12.1. The van der Waals surface area contributed by atoms with Crippen LogP contribution in [0.4, 0.5) is 0 Å². The number of benzene rings is 2. The Labute approximate surface area is 134 Å². The van der Waals surface area contributed by atoms with Crippen molar-refractivity contribution in [1.82, 2.24) is 4.72 Å². The molecule has 0 radical (unpaired) electrons. The fourth-order valence-electron chi connectivity index (χ4n) is 1.80. The zero-order chi connectivity index (χ0) is 16.9. The number of nitrogens with zero attached hydrogens (tertiary/aromatic N) is 1. The molecule has 2 aromatic carbocycles. The van der Waals surface area contributed by atoms with Crippen molar-refractivity contribution in [1.29, 1.82) is 5.26 Å². The van der Waals surface area contributed by atoms with E-state index in [0.29, 0.717) is 5.75 Å². The number of sulfonamides is 1. The van der Waals surface area contributed by atoms with Crippen LogP contribution in [0.2, 0.25) is 0 Å². The van der Waals surface area contributed by atoms with E-state index in [0.717, 1.165) is 5.56 Å². The summed E-state index contributed by atoms with van der Waals surface area (Å²) in [6.45, 7) is 1.36. The quantitative estimate of drug-likeness (QED) is 0.665. The predicted octanol–water partition coefficient (Wildman–Crippen LogP) is 1.75. The number of nitrogens with one attached hydrogen (secondary N) is 1. The Kier molecular flexibility index (Phi) is 5.11. The third-order valence-electron chi connectivity index (χ3n) is 2.96. The third kappa shape index (κ3) is 4.39. The third-order valence-corrected chi connectivity index (χ3v) is 4.42. The van der Waals surface area contributed by atoms with Crippen LogP contribution in [0.15, 0.2) is 53.4 Å². The van der Waals surface area contributed by atoms with Crippen molar-refractivity contribution in [3.8, 4) is 11.8 Å². The van der Waals surface area contributed by atoms with Crippen molar-refractivity contribution in [3.05, 3.63) is 59.7 Å². The largest absolute Gasteiger partial charge is 0.426 e. The maximum Gasteiger partial charge on any atom is 0.326 e. The van der Waals surface area contributed by atoms with E-state index < -0.39 is 22.5 Å². The minimum atomic E-state index is -3.97. The molecule has 0 atom stereocenters. The van der Waals surface area contributed by atoms with Gasteiger partial charge in [0, 0.05) is 0 Å². The van der Waals surface area contributed by atoms with Crippen LogP contribution in [0.5, 0.6) is 5.75 Å². The number of nitriles is 1. The van der Waals surface area contributed by atoms with Gasteiger partial charge in [0.15, 0.2) is 0 Å². The lowest BCUT2D eigenvalue weighted by Crippen LogP contribution is -2.32. The molecule has 0 aliphatic carbocycles. The lowest BCUT2D eigenvalue weighted by molar-refractivity contribution is -0.133. The first kappa shape index (κ1) is 16.7. The van der Waals surface area contributed by atoms with Crippen LogP contribution in [0.25, 0.3) is 0 Å². The van der Waals surface area contributed by atoms with Crippen LogP contribution in [0.3, 0.4) is 0 Å². The molecule has 0 heterocycles. The van der Waals surface area contributed by atoms with E-state index in [1.807, 2.05) is 6.92 Å². The minimum Gasteiger partial charge on any atom is -0.426 e. The maximum absolute atomic E-state index is 12.1. The van der Waals surface area contributed by atoms with Crippen LogP contribution in [0, 0.1) is 18.3 Å². The SMILES string of the molecule is Cc1ccc(OC(=O)CNS(=O)(=O)c2ccccc2C#N)cc1. The number of esters is 1. The van der Waals surface area contributed by atoms with Gasteiger partial charge in [-0.05, 0) is 31.2 Å². The smallest absolute Gasteiger partial charge is 0.326 e. The molecule has 0 saturated heterocycles. The molecule has 1 N–H and O–H groups in total. The van der Waals surface area contributed by atoms with E-state index in [1.165, 1.54) is 18.2 Å². The van der Waals surface area contributed by atoms with Gasteiger partial charge < -0.3 is 4.74 Å². The number of ether oxygens (including phenoxy) is 1. The van der Waals surface area contributed by atoms with Crippen molar-refractivity contribution >= 4 is 16.0 Å². The molecule has 0 aromatic heterocycles. The number of hydrogen-bond acceptors (Lipinski definition) is 5. The summed E-state index contributed by atoms with van der Waals surface area (Å²) in [6, 6.07) is 14.3. The highest BCUT2D eigenvalue weighted by Gasteiger charge is 2.19. The number of carbonyl (C=O) groups is 1. The molecule has 0 amide bonds. The molecular weight excluding hydrogens is 316 g/mol. The first-order chi connectivity index (χ1) is 10.9. The molecular formula is C16H14N2O4S. The first-order valence-electron chi connectivity index (χ1n) is 6.68. The number of carbonyl (C=O) groups excluding carboxylic acids is 1. The standard InChI is InChI=1S/C16H14N2O4S/c1-12-6-8-14(9-7-12)22-16(19)11-18-23(20,21)15-5-3-2-4-13(15)10-17/h2-9,18H,11H2,1H3. The van der Waals surface area contributed by atoms with E-state index >= 15 is 0 Å². The van der Waals surface area contributed by atoms with Crippen LogP contribution in [0.1, 0.15) is 11.1 Å². The van der Waals surface area contributed by atoms with E-state index in [9.17, 15) is 13.2 Å².